The van der Waals surface area contributed by atoms with Crippen LogP contribution in [0.4, 0.5) is 0 Å². The smallest absolute Gasteiger partial charge is 0.397 e. The number of allylic oxidation sites excluding steroid dienone is 4. The molecule has 58 heavy (non-hydrogen) atoms. The van der Waals surface area contributed by atoms with Gasteiger partial charge in [-0.15, -0.1) is 0 Å². The van der Waals surface area contributed by atoms with Gasteiger partial charge in [0.25, 0.3) is 0 Å². The molecule has 0 aromatic rings. The van der Waals surface area contributed by atoms with Crippen LogP contribution in [-0.4, -0.2) is 94.3 Å². The summed E-state index contributed by atoms with van der Waals surface area (Å²) in [6.07, 6.45) is 42.9. The van der Waals surface area contributed by atoms with Crippen LogP contribution >= 0.6 is 0 Å². The molecule has 11 heteroatoms. The lowest BCUT2D eigenvalue weighted by molar-refractivity contribution is -0.150. The van der Waals surface area contributed by atoms with Gasteiger partial charge in [0.1, 0.15) is 12.2 Å². The van der Waals surface area contributed by atoms with Crippen molar-refractivity contribution in [2.24, 2.45) is 0 Å². The van der Waals surface area contributed by atoms with E-state index in [9.17, 15) is 18.0 Å². The van der Waals surface area contributed by atoms with Gasteiger partial charge in [0.05, 0.1) is 7.11 Å². The summed E-state index contributed by atoms with van der Waals surface area (Å²) in [5.41, 5.74) is 0. The summed E-state index contributed by atoms with van der Waals surface area (Å²) in [4.78, 5) is 29.1. The fourth-order valence-corrected chi connectivity index (χ4v) is 6.72. The number of hydrogen-bond donors (Lipinski definition) is 1. The van der Waals surface area contributed by atoms with Gasteiger partial charge < -0.3 is 19.3 Å². The number of hydrogen-bond acceptors (Lipinski definition) is 9. The Bertz CT molecular complexity index is 1020. The van der Waals surface area contributed by atoms with Crippen LogP contribution in [0.25, 0.3) is 0 Å². The number of rotatable bonds is 40. The van der Waals surface area contributed by atoms with Crippen LogP contribution < -0.4 is 0 Å². The molecule has 2 unspecified atom stereocenters. The monoisotopic (exact) mass is 845 g/mol. The Morgan fingerprint density at radius 2 is 0.776 bits per heavy atom. The molecule has 0 saturated heterocycles. The lowest BCUT2D eigenvalue weighted by atomic mass is 10.1. The molecule has 0 spiro atoms. The quantitative estimate of drug-likeness (QED) is 0.0276. The SMILES string of the molecule is CCCCCCCC/C=C\CCCCCCCC(=O)OC(C)CN(C)CCN(C)CC(C)OC(=O)CCCCCCC/C=C\CCCCCCCC.COS(=O)(=O)O. The molecule has 344 valence electrons. The Kier molecular flexibility index (Phi) is 43.5. The molecular weight excluding hydrogens is 753 g/mol. The first-order valence-corrected chi connectivity index (χ1v) is 24.8. The van der Waals surface area contributed by atoms with Crippen LogP contribution in [0.5, 0.6) is 0 Å². The minimum absolute atomic E-state index is 0.0759. The number of unbranched alkanes of at least 4 members (excludes halogenated alkanes) is 22. The summed E-state index contributed by atoms with van der Waals surface area (Å²) in [6.45, 7) is 11.7. The number of nitrogens with zero attached hydrogens (tertiary/aromatic N) is 2. The molecule has 0 fully saturated rings. The molecule has 0 radical (unpaired) electrons. The van der Waals surface area contributed by atoms with Crippen LogP contribution in [0.2, 0.25) is 0 Å². The zero-order valence-electron chi connectivity index (χ0n) is 38.7. The lowest BCUT2D eigenvalue weighted by Crippen LogP contribution is -2.38. The second-order valence-corrected chi connectivity index (χ2v) is 17.6. The van der Waals surface area contributed by atoms with Crippen molar-refractivity contribution in [1.82, 2.24) is 9.80 Å². The van der Waals surface area contributed by atoms with Crippen molar-refractivity contribution in [3.8, 4) is 0 Å². The van der Waals surface area contributed by atoms with Crippen molar-refractivity contribution >= 4 is 22.3 Å². The number of ether oxygens (including phenoxy) is 2. The molecular formula is C47H92N2O8S. The van der Waals surface area contributed by atoms with Gasteiger partial charge in [0.15, 0.2) is 0 Å². The summed E-state index contributed by atoms with van der Waals surface area (Å²) >= 11 is 0. The molecule has 0 heterocycles. The van der Waals surface area contributed by atoms with E-state index in [1.807, 2.05) is 13.8 Å². The minimum Gasteiger partial charge on any atom is -0.461 e. The average Bonchev–Trinajstić information content (AvgIpc) is 3.16. The highest BCUT2D eigenvalue weighted by atomic mass is 32.3. The zero-order valence-corrected chi connectivity index (χ0v) is 39.5. The number of carbonyl (C=O) groups excluding carboxylic acids is 2. The highest BCUT2D eigenvalue weighted by molar-refractivity contribution is 7.80. The molecule has 0 saturated carbocycles. The molecule has 10 nitrogen and oxygen atoms in total. The van der Waals surface area contributed by atoms with Gasteiger partial charge in [0, 0.05) is 39.0 Å². The molecule has 0 aliphatic rings. The first-order valence-electron chi connectivity index (χ1n) is 23.4. The first kappa shape index (κ1) is 58.3. The predicted molar refractivity (Wildman–Crippen MR) is 244 cm³/mol. The van der Waals surface area contributed by atoms with Gasteiger partial charge in [-0.05, 0) is 92.2 Å². The van der Waals surface area contributed by atoms with Crippen LogP contribution in [0, 0.1) is 0 Å². The van der Waals surface area contributed by atoms with E-state index in [1.165, 1.54) is 141 Å². The minimum atomic E-state index is -4.16. The Morgan fingerprint density at radius 1 is 0.517 bits per heavy atom. The molecule has 0 amide bonds. The van der Waals surface area contributed by atoms with Crippen LogP contribution in [0.1, 0.15) is 207 Å². The van der Waals surface area contributed by atoms with Gasteiger partial charge >= 0.3 is 22.3 Å². The molecule has 0 aliphatic carbocycles. The zero-order chi connectivity index (χ0) is 43.5. The normalized spacial score (nSPS) is 13.0. The van der Waals surface area contributed by atoms with Crippen molar-refractivity contribution in [2.75, 3.05) is 47.4 Å². The topological polar surface area (TPSA) is 123 Å². The molecule has 1 N–H and O–H groups in total. The fraction of sp³-hybridized carbons (Fsp3) is 0.872. The number of esters is 2. The van der Waals surface area contributed by atoms with E-state index < -0.39 is 10.4 Å². The molecule has 0 aliphatic heterocycles. The van der Waals surface area contributed by atoms with Crippen LogP contribution in [0.15, 0.2) is 24.3 Å². The van der Waals surface area contributed by atoms with E-state index in [0.717, 1.165) is 45.9 Å². The summed E-state index contributed by atoms with van der Waals surface area (Å²) in [5.74, 6) is -0.152. The van der Waals surface area contributed by atoms with Crippen molar-refractivity contribution < 1.29 is 36.2 Å². The van der Waals surface area contributed by atoms with Crippen molar-refractivity contribution in [2.45, 2.75) is 220 Å². The van der Waals surface area contributed by atoms with Crippen LogP contribution in [0.3, 0.4) is 0 Å². The predicted octanol–water partition coefficient (Wildman–Crippen LogP) is 12.2. The molecule has 0 bridgehead atoms. The van der Waals surface area contributed by atoms with Crippen molar-refractivity contribution in [3.05, 3.63) is 24.3 Å². The second-order valence-electron chi connectivity index (χ2n) is 16.4. The molecule has 0 rings (SSSR count). The van der Waals surface area contributed by atoms with E-state index in [2.05, 4.69) is 66.2 Å². The van der Waals surface area contributed by atoms with Gasteiger partial charge in [-0.1, -0.05) is 141 Å². The number of carbonyl (C=O) groups is 2. The summed E-state index contributed by atoms with van der Waals surface area (Å²) in [7, 11) is 0.846. The Balaban J connectivity index is 0. The largest absolute Gasteiger partial charge is 0.461 e. The first-order chi connectivity index (χ1) is 27.8. The third-order valence-electron chi connectivity index (χ3n) is 10.2. The van der Waals surface area contributed by atoms with Gasteiger partial charge in [0.2, 0.25) is 0 Å². The summed E-state index contributed by atoms with van der Waals surface area (Å²) in [5, 5.41) is 0. The van der Waals surface area contributed by atoms with E-state index in [4.69, 9.17) is 14.0 Å². The molecule has 0 aromatic carbocycles. The van der Waals surface area contributed by atoms with Crippen LogP contribution in [-0.2, 0) is 33.6 Å². The Morgan fingerprint density at radius 3 is 1.05 bits per heavy atom. The Hall–Kier alpha value is -1.79. The van der Waals surface area contributed by atoms with Crippen molar-refractivity contribution in [3.63, 3.8) is 0 Å². The lowest BCUT2D eigenvalue weighted by Gasteiger charge is -2.26. The summed E-state index contributed by atoms with van der Waals surface area (Å²) < 4.78 is 41.1. The van der Waals surface area contributed by atoms with E-state index >= 15 is 0 Å². The standard InChI is InChI=1S/C46H88N2O4.CH4O4S/c1-7-9-11-13-15-17-19-21-23-25-27-29-31-33-35-37-45(49)51-43(3)41-47(5)39-40-48(6)42-44(4)52-46(50)38-36-34-32-30-28-26-24-22-20-18-16-14-12-10-8-2;1-5-6(2,3)4/h21-24,43-44H,7-20,25-42H2,1-6H3;1H3,(H,2,3,4)/b23-21-,24-22-;. The number of likely N-dealkylation sites (N-methyl/N-ethyl adjacent to an activating group) is 2. The van der Waals surface area contributed by atoms with E-state index in [1.54, 1.807) is 0 Å². The van der Waals surface area contributed by atoms with E-state index in [-0.39, 0.29) is 24.1 Å². The molecule has 2 atom stereocenters. The highest BCUT2D eigenvalue weighted by Gasteiger charge is 2.15. The van der Waals surface area contributed by atoms with Gasteiger partial charge in [-0.25, -0.2) is 0 Å². The third-order valence-corrected chi connectivity index (χ3v) is 10.6. The van der Waals surface area contributed by atoms with Gasteiger partial charge in [-0.3, -0.25) is 18.3 Å². The average molecular weight is 845 g/mol. The maximum absolute atomic E-state index is 12.3. The third kappa shape index (κ3) is 48.6. The molecule has 0 aromatic heterocycles. The Labute approximate surface area is 358 Å². The summed E-state index contributed by atoms with van der Waals surface area (Å²) in [6, 6.07) is 0. The van der Waals surface area contributed by atoms with E-state index in [0.29, 0.717) is 25.9 Å². The fourth-order valence-electron chi connectivity index (χ4n) is 6.72. The second kappa shape index (κ2) is 43.3. The maximum Gasteiger partial charge on any atom is 0.397 e. The highest BCUT2D eigenvalue weighted by Crippen LogP contribution is 2.13. The van der Waals surface area contributed by atoms with Gasteiger partial charge in [-0.2, -0.15) is 8.42 Å². The van der Waals surface area contributed by atoms with Crippen molar-refractivity contribution in [1.29, 1.82) is 0 Å². The maximum atomic E-state index is 12.3.